The van der Waals surface area contributed by atoms with Gasteiger partial charge in [-0.3, -0.25) is 9.59 Å². The van der Waals surface area contributed by atoms with Crippen LogP contribution >= 0.6 is 0 Å². The van der Waals surface area contributed by atoms with Crippen LogP contribution in [0.15, 0.2) is 24.3 Å². The van der Waals surface area contributed by atoms with Crippen molar-refractivity contribution in [3.8, 4) is 0 Å². The quantitative estimate of drug-likeness (QED) is 0.877. The van der Waals surface area contributed by atoms with Gasteiger partial charge in [0, 0.05) is 30.8 Å². The van der Waals surface area contributed by atoms with E-state index in [9.17, 15) is 14.7 Å². The summed E-state index contributed by atoms with van der Waals surface area (Å²) >= 11 is 0. The molecule has 2 amide bonds. The van der Waals surface area contributed by atoms with Gasteiger partial charge >= 0.3 is 0 Å². The van der Waals surface area contributed by atoms with Crippen LogP contribution in [0.1, 0.15) is 49.9 Å². The molecule has 2 rings (SSSR count). The first kappa shape index (κ1) is 17.5. The van der Waals surface area contributed by atoms with E-state index in [-0.39, 0.29) is 11.8 Å². The number of hydrogen-bond acceptors (Lipinski definition) is 3. The molecular formula is C18H26N2O3. The molecule has 0 aliphatic carbocycles. The molecule has 1 atom stereocenters. The van der Waals surface area contributed by atoms with E-state index in [0.29, 0.717) is 36.7 Å². The van der Waals surface area contributed by atoms with E-state index in [2.05, 4.69) is 19.2 Å². The predicted molar refractivity (Wildman–Crippen MR) is 90.3 cm³/mol. The van der Waals surface area contributed by atoms with Crippen molar-refractivity contribution in [2.24, 2.45) is 5.92 Å². The van der Waals surface area contributed by atoms with Gasteiger partial charge in [-0.05, 0) is 43.4 Å². The summed E-state index contributed by atoms with van der Waals surface area (Å²) in [6, 6.07) is 7.00. The lowest BCUT2D eigenvalue weighted by atomic mass is 10.1. The van der Waals surface area contributed by atoms with Crippen LogP contribution in [-0.2, 0) is 4.79 Å². The summed E-state index contributed by atoms with van der Waals surface area (Å²) in [5, 5.41) is 12.5. The molecule has 0 unspecified atom stereocenters. The van der Waals surface area contributed by atoms with Gasteiger partial charge in [-0.25, -0.2) is 0 Å². The first-order valence-electron chi connectivity index (χ1n) is 8.33. The molecule has 1 heterocycles. The molecule has 5 heteroatoms. The zero-order chi connectivity index (χ0) is 16.8. The lowest BCUT2D eigenvalue weighted by Crippen LogP contribution is -2.42. The van der Waals surface area contributed by atoms with Crippen LogP contribution < -0.4 is 5.32 Å². The molecule has 2 N–H and O–H groups in total. The lowest BCUT2D eigenvalue weighted by molar-refractivity contribution is -0.116. The highest BCUT2D eigenvalue weighted by molar-refractivity contribution is 5.97. The Balaban J connectivity index is 1.98. The van der Waals surface area contributed by atoms with Crippen LogP contribution in [0.4, 0.5) is 5.69 Å². The molecule has 5 nitrogen and oxygen atoms in total. The van der Waals surface area contributed by atoms with Crippen LogP contribution in [0.3, 0.4) is 0 Å². The second kappa shape index (κ2) is 8.11. The second-order valence-electron chi connectivity index (χ2n) is 6.61. The van der Waals surface area contributed by atoms with Crippen LogP contribution in [0, 0.1) is 5.92 Å². The maximum absolute atomic E-state index is 12.5. The van der Waals surface area contributed by atoms with Crippen molar-refractivity contribution in [1.82, 2.24) is 4.90 Å². The van der Waals surface area contributed by atoms with Crippen LogP contribution in [0.2, 0.25) is 0 Å². The number of piperidine rings is 1. The second-order valence-corrected chi connectivity index (χ2v) is 6.61. The van der Waals surface area contributed by atoms with E-state index in [1.54, 1.807) is 29.2 Å². The summed E-state index contributed by atoms with van der Waals surface area (Å²) in [6.07, 6.45) is 2.45. The fraction of sp³-hybridized carbons (Fsp3) is 0.556. The third-order valence-electron chi connectivity index (χ3n) is 4.03. The van der Waals surface area contributed by atoms with Crippen LogP contribution in [0.25, 0.3) is 0 Å². The van der Waals surface area contributed by atoms with Crippen molar-refractivity contribution >= 4 is 17.5 Å². The topological polar surface area (TPSA) is 69.6 Å². The van der Waals surface area contributed by atoms with Gasteiger partial charge in [0.15, 0.2) is 0 Å². The van der Waals surface area contributed by atoms with Crippen molar-refractivity contribution in [3.63, 3.8) is 0 Å². The average molecular weight is 318 g/mol. The Kier molecular flexibility index (Phi) is 6.16. The molecule has 0 saturated carbocycles. The normalized spacial score (nSPS) is 18.1. The van der Waals surface area contributed by atoms with E-state index < -0.39 is 6.10 Å². The Morgan fingerprint density at radius 2 is 2.17 bits per heavy atom. The number of hydrogen-bond donors (Lipinski definition) is 2. The average Bonchev–Trinajstić information content (AvgIpc) is 2.52. The first-order valence-corrected chi connectivity index (χ1v) is 8.33. The molecule has 23 heavy (non-hydrogen) atoms. The van der Waals surface area contributed by atoms with Gasteiger partial charge in [0.1, 0.15) is 0 Å². The highest BCUT2D eigenvalue weighted by atomic mass is 16.3. The largest absolute Gasteiger partial charge is 0.391 e. The zero-order valence-corrected chi connectivity index (χ0v) is 13.9. The van der Waals surface area contributed by atoms with Crippen LogP contribution in [-0.4, -0.2) is 41.0 Å². The van der Waals surface area contributed by atoms with E-state index in [0.717, 1.165) is 19.3 Å². The van der Waals surface area contributed by atoms with Crippen molar-refractivity contribution < 1.29 is 14.7 Å². The SMILES string of the molecule is CC(C)CCC(=O)Nc1cccc(C(=O)N2CCC[C@H](O)C2)c1. The minimum absolute atomic E-state index is 0.0308. The molecular weight excluding hydrogens is 292 g/mol. The summed E-state index contributed by atoms with van der Waals surface area (Å²) in [5.74, 6) is 0.359. The summed E-state index contributed by atoms with van der Waals surface area (Å²) in [4.78, 5) is 26.1. The number of carbonyl (C=O) groups excluding carboxylic acids is 2. The van der Waals surface area contributed by atoms with Gasteiger partial charge in [0.05, 0.1) is 6.10 Å². The maximum Gasteiger partial charge on any atom is 0.254 e. The van der Waals surface area contributed by atoms with Gasteiger partial charge in [-0.1, -0.05) is 19.9 Å². The van der Waals surface area contributed by atoms with Gasteiger partial charge in [-0.15, -0.1) is 0 Å². The number of nitrogens with zero attached hydrogens (tertiary/aromatic N) is 1. The number of aliphatic hydroxyl groups excluding tert-OH is 1. The fourth-order valence-corrected chi connectivity index (χ4v) is 2.70. The molecule has 1 saturated heterocycles. The summed E-state index contributed by atoms with van der Waals surface area (Å²) in [7, 11) is 0. The zero-order valence-electron chi connectivity index (χ0n) is 13.9. The maximum atomic E-state index is 12.5. The molecule has 1 aromatic carbocycles. The van der Waals surface area contributed by atoms with E-state index in [1.807, 2.05) is 0 Å². The Labute approximate surface area is 137 Å². The van der Waals surface area contributed by atoms with Crippen molar-refractivity contribution in [3.05, 3.63) is 29.8 Å². The number of benzene rings is 1. The monoisotopic (exact) mass is 318 g/mol. The van der Waals surface area contributed by atoms with Gasteiger partial charge < -0.3 is 15.3 Å². The smallest absolute Gasteiger partial charge is 0.254 e. The highest BCUT2D eigenvalue weighted by Crippen LogP contribution is 2.17. The third-order valence-corrected chi connectivity index (χ3v) is 4.03. The number of aliphatic hydroxyl groups is 1. The molecule has 0 bridgehead atoms. The number of amides is 2. The van der Waals surface area contributed by atoms with E-state index in [4.69, 9.17) is 0 Å². The summed E-state index contributed by atoms with van der Waals surface area (Å²) < 4.78 is 0. The Morgan fingerprint density at radius 1 is 1.39 bits per heavy atom. The van der Waals surface area contributed by atoms with Crippen molar-refractivity contribution in [1.29, 1.82) is 0 Å². The molecule has 1 aromatic rings. The molecule has 1 aliphatic heterocycles. The van der Waals surface area contributed by atoms with Crippen molar-refractivity contribution in [2.75, 3.05) is 18.4 Å². The van der Waals surface area contributed by atoms with E-state index >= 15 is 0 Å². The molecule has 1 aliphatic rings. The Morgan fingerprint density at radius 3 is 2.87 bits per heavy atom. The molecule has 1 fully saturated rings. The predicted octanol–water partition coefficient (Wildman–Crippen LogP) is 2.66. The van der Waals surface area contributed by atoms with Gasteiger partial charge in [0.2, 0.25) is 5.91 Å². The number of nitrogens with one attached hydrogen (secondary N) is 1. The van der Waals surface area contributed by atoms with Crippen LogP contribution in [0.5, 0.6) is 0 Å². The Bertz CT molecular complexity index is 557. The lowest BCUT2D eigenvalue weighted by Gasteiger charge is -2.30. The number of rotatable bonds is 5. The molecule has 0 spiro atoms. The third kappa shape index (κ3) is 5.36. The Hall–Kier alpha value is -1.88. The van der Waals surface area contributed by atoms with Gasteiger partial charge in [-0.2, -0.15) is 0 Å². The van der Waals surface area contributed by atoms with E-state index in [1.165, 1.54) is 0 Å². The minimum Gasteiger partial charge on any atom is -0.391 e. The number of β-amino-alcohol motifs (C(OH)–C–C–N with tert-alkyl or cyclic N) is 1. The summed E-state index contributed by atoms with van der Waals surface area (Å²) in [5.41, 5.74) is 1.18. The summed E-state index contributed by atoms with van der Waals surface area (Å²) in [6.45, 7) is 5.21. The number of carbonyl (C=O) groups is 2. The minimum atomic E-state index is -0.438. The number of anilines is 1. The molecule has 0 radical (unpaired) electrons. The molecule has 126 valence electrons. The fourth-order valence-electron chi connectivity index (χ4n) is 2.70. The number of likely N-dealkylation sites (tertiary alicyclic amines) is 1. The first-order chi connectivity index (χ1) is 11.0. The highest BCUT2D eigenvalue weighted by Gasteiger charge is 2.23. The van der Waals surface area contributed by atoms with Gasteiger partial charge in [0.25, 0.3) is 5.91 Å². The molecule has 0 aromatic heterocycles. The standard InChI is InChI=1S/C18H26N2O3/c1-13(2)8-9-17(22)19-15-6-3-5-14(11-15)18(23)20-10-4-7-16(21)12-20/h3,5-6,11,13,16,21H,4,7-10,12H2,1-2H3,(H,19,22)/t16-/m0/s1. The van der Waals surface area contributed by atoms with Crippen molar-refractivity contribution in [2.45, 2.75) is 45.6 Å².